The zero-order valence-corrected chi connectivity index (χ0v) is 16.2. The summed E-state index contributed by atoms with van der Waals surface area (Å²) < 4.78 is 0.800. The van der Waals surface area contributed by atoms with Gasteiger partial charge in [0.15, 0.2) is 18.9 Å². The van der Waals surface area contributed by atoms with E-state index in [4.69, 9.17) is 0 Å². The molecule has 2 amide bonds. The van der Waals surface area contributed by atoms with Crippen molar-refractivity contribution in [2.24, 2.45) is 0 Å². The van der Waals surface area contributed by atoms with Crippen LogP contribution in [0.15, 0.2) is 53.0 Å². The number of Topliss-reactive ketones (excluding diaryl/α,β-unsaturated/α-hetero) is 1. The van der Waals surface area contributed by atoms with Crippen molar-refractivity contribution in [3.8, 4) is 0 Å². The van der Waals surface area contributed by atoms with Crippen molar-refractivity contribution in [1.82, 2.24) is 0 Å². The lowest BCUT2D eigenvalue weighted by molar-refractivity contribution is -0.862. The molecule has 0 bridgehead atoms. The van der Waals surface area contributed by atoms with E-state index in [2.05, 4.69) is 26.6 Å². The van der Waals surface area contributed by atoms with Gasteiger partial charge in [0.1, 0.15) is 0 Å². The fourth-order valence-electron chi connectivity index (χ4n) is 2.39. The molecule has 3 N–H and O–H groups in total. The second kappa shape index (κ2) is 9.26. The summed E-state index contributed by atoms with van der Waals surface area (Å²) in [5.74, 6) is -0.467. The first kappa shape index (κ1) is 19.8. The van der Waals surface area contributed by atoms with Crippen LogP contribution in [0.2, 0.25) is 0 Å². The first-order valence-corrected chi connectivity index (χ1v) is 8.91. The number of benzene rings is 2. The highest BCUT2D eigenvalue weighted by atomic mass is 79.9. The maximum atomic E-state index is 12.1. The van der Waals surface area contributed by atoms with Crippen LogP contribution in [0.5, 0.6) is 0 Å². The van der Waals surface area contributed by atoms with E-state index in [1.807, 2.05) is 18.2 Å². The molecule has 0 saturated heterocycles. The minimum atomic E-state index is -0.225. The van der Waals surface area contributed by atoms with Crippen LogP contribution >= 0.6 is 15.9 Å². The highest BCUT2D eigenvalue weighted by Gasteiger charge is 2.15. The van der Waals surface area contributed by atoms with Gasteiger partial charge in [0.25, 0.3) is 11.8 Å². The van der Waals surface area contributed by atoms with Gasteiger partial charge in [-0.2, -0.15) is 0 Å². The van der Waals surface area contributed by atoms with Crippen LogP contribution in [0.25, 0.3) is 0 Å². The SMILES string of the molecule is CC(=O)c1cccc(NC(=O)C[NH+](C)CC(=O)Nc2ccccc2Br)c1. The van der Waals surface area contributed by atoms with E-state index in [9.17, 15) is 14.4 Å². The molecule has 0 aliphatic rings. The number of ketones is 1. The van der Waals surface area contributed by atoms with E-state index >= 15 is 0 Å². The summed E-state index contributed by atoms with van der Waals surface area (Å²) in [6, 6.07) is 14.1. The predicted octanol–water partition coefficient (Wildman–Crippen LogP) is 1.74. The third-order valence-corrected chi connectivity index (χ3v) is 4.32. The van der Waals surface area contributed by atoms with Crippen LogP contribution in [-0.2, 0) is 9.59 Å². The molecule has 0 aliphatic heterocycles. The molecule has 1 unspecified atom stereocenters. The molecular formula is C19H21BrN3O3+. The fourth-order valence-corrected chi connectivity index (χ4v) is 2.77. The van der Waals surface area contributed by atoms with Crippen LogP contribution in [-0.4, -0.2) is 37.7 Å². The van der Waals surface area contributed by atoms with Crippen LogP contribution in [0.4, 0.5) is 11.4 Å². The van der Waals surface area contributed by atoms with Crippen LogP contribution in [0.3, 0.4) is 0 Å². The highest BCUT2D eigenvalue weighted by molar-refractivity contribution is 9.10. The molecule has 2 aromatic rings. The minimum absolute atomic E-state index is 0.0624. The maximum Gasteiger partial charge on any atom is 0.279 e. The number of rotatable bonds is 7. The Balaban J connectivity index is 1.85. The van der Waals surface area contributed by atoms with Crippen molar-refractivity contribution in [3.63, 3.8) is 0 Å². The molecule has 26 heavy (non-hydrogen) atoms. The fraction of sp³-hybridized carbons (Fsp3) is 0.211. The normalized spacial score (nSPS) is 11.5. The molecule has 7 heteroatoms. The van der Waals surface area contributed by atoms with E-state index in [0.29, 0.717) is 16.9 Å². The first-order chi connectivity index (χ1) is 12.3. The Morgan fingerprint density at radius 3 is 2.27 bits per heavy atom. The van der Waals surface area contributed by atoms with E-state index < -0.39 is 0 Å². The van der Waals surface area contributed by atoms with Gasteiger partial charge in [0.05, 0.1) is 12.7 Å². The molecule has 0 saturated carbocycles. The zero-order valence-electron chi connectivity index (χ0n) is 14.6. The number of para-hydroxylation sites is 1. The Morgan fingerprint density at radius 1 is 0.962 bits per heavy atom. The minimum Gasteiger partial charge on any atom is -0.322 e. The van der Waals surface area contributed by atoms with Crippen molar-refractivity contribution < 1.29 is 19.3 Å². The Labute approximate surface area is 160 Å². The summed E-state index contributed by atoms with van der Waals surface area (Å²) in [4.78, 5) is 36.4. The summed E-state index contributed by atoms with van der Waals surface area (Å²) in [5.41, 5.74) is 1.79. The Bertz CT molecular complexity index is 823. The lowest BCUT2D eigenvalue weighted by atomic mass is 10.1. The number of hydrogen-bond donors (Lipinski definition) is 3. The number of halogens is 1. The lowest BCUT2D eigenvalue weighted by Crippen LogP contribution is -3.11. The third kappa shape index (κ3) is 6.09. The van der Waals surface area contributed by atoms with Gasteiger partial charge < -0.3 is 15.5 Å². The van der Waals surface area contributed by atoms with Gasteiger partial charge in [-0.25, -0.2) is 0 Å². The van der Waals surface area contributed by atoms with Crippen molar-refractivity contribution in [3.05, 3.63) is 58.6 Å². The molecule has 136 valence electrons. The largest absolute Gasteiger partial charge is 0.322 e. The molecule has 0 fully saturated rings. The molecule has 0 spiro atoms. The van der Waals surface area contributed by atoms with Gasteiger partial charge in [0.2, 0.25) is 0 Å². The van der Waals surface area contributed by atoms with E-state index in [1.165, 1.54) is 6.92 Å². The van der Waals surface area contributed by atoms with Gasteiger partial charge in [-0.05, 0) is 47.1 Å². The second-order valence-electron chi connectivity index (χ2n) is 6.02. The Hall–Kier alpha value is -2.51. The Morgan fingerprint density at radius 2 is 1.62 bits per heavy atom. The number of nitrogens with one attached hydrogen (secondary N) is 3. The standard InChI is InChI=1S/C19H20BrN3O3/c1-13(24)14-6-5-7-15(10-14)21-18(25)11-23(2)12-19(26)22-17-9-4-3-8-16(17)20/h3-10H,11-12H2,1-2H3,(H,21,25)(H,22,26)/p+1. The van der Waals surface area contributed by atoms with Crippen LogP contribution < -0.4 is 15.5 Å². The molecular weight excluding hydrogens is 398 g/mol. The lowest BCUT2D eigenvalue weighted by Gasteiger charge is -2.14. The van der Waals surface area contributed by atoms with Gasteiger partial charge in [0, 0.05) is 15.7 Å². The predicted molar refractivity (Wildman–Crippen MR) is 104 cm³/mol. The van der Waals surface area contributed by atoms with E-state index in [0.717, 1.165) is 9.37 Å². The Kier molecular flexibility index (Phi) is 7.06. The van der Waals surface area contributed by atoms with E-state index in [1.54, 1.807) is 37.4 Å². The molecule has 6 nitrogen and oxygen atoms in total. The first-order valence-electron chi connectivity index (χ1n) is 8.11. The number of likely N-dealkylation sites (N-methyl/N-ethyl adjacent to an activating group) is 1. The van der Waals surface area contributed by atoms with Crippen LogP contribution in [0, 0.1) is 0 Å². The van der Waals surface area contributed by atoms with Crippen molar-refractivity contribution in [1.29, 1.82) is 0 Å². The zero-order chi connectivity index (χ0) is 19.1. The molecule has 0 aliphatic carbocycles. The maximum absolute atomic E-state index is 12.1. The molecule has 1 atom stereocenters. The highest BCUT2D eigenvalue weighted by Crippen LogP contribution is 2.20. The number of carbonyl (C=O) groups is 3. The number of hydrogen-bond acceptors (Lipinski definition) is 3. The van der Waals surface area contributed by atoms with Crippen molar-refractivity contribution in [2.75, 3.05) is 30.8 Å². The molecule has 0 aromatic heterocycles. The molecule has 0 heterocycles. The average Bonchev–Trinajstić information content (AvgIpc) is 2.56. The third-order valence-electron chi connectivity index (χ3n) is 3.63. The van der Waals surface area contributed by atoms with Gasteiger partial charge in [-0.3, -0.25) is 14.4 Å². The monoisotopic (exact) mass is 418 g/mol. The number of quaternary nitrogens is 1. The summed E-state index contributed by atoms with van der Waals surface area (Å²) >= 11 is 3.37. The number of amides is 2. The topological polar surface area (TPSA) is 79.7 Å². The van der Waals surface area contributed by atoms with Gasteiger partial charge in [-0.1, -0.05) is 24.3 Å². The van der Waals surface area contributed by atoms with Crippen molar-refractivity contribution >= 4 is 44.9 Å². The number of carbonyl (C=O) groups excluding carboxylic acids is 3. The van der Waals surface area contributed by atoms with Crippen LogP contribution in [0.1, 0.15) is 17.3 Å². The summed E-state index contributed by atoms with van der Waals surface area (Å²) in [6.45, 7) is 1.76. The molecule has 2 rings (SSSR count). The van der Waals surface area contributed by atoms with Gasteiger partial charge >= 0.3 is 0 Å². The number of anilines is 2. The summed E-state index contributed by atoms with van der Waals surface area (Å²) in [5, 5.41) is 5.56. The van der Waals surface area contributed by atoms with Crippen molar-refractivity contribution in [2.45, 2.75) is 6.92 Å². The molecule has 0 radical (unpaired) electrons. The summed E-state index contributed by atoms with van der Waals surface area (Å²) in [6.07, 6.45) is 0. The second-order valence-corrected chi connectivity index (χ2v) is 6.88. The quantitative estimate of drug-likeness (QED) is 0.599. The van der Waals surface area contributed by atoms with Gasteiger partial charge in [-0.15, -0.1) is 0 Å². The smallest absolute Gasteiger partial charge is 0.279 e. The van der Waals surface area contributed by atoms with E-state index in [-0.39, 0.29) is 30.7 Å². The average molecular weight is 419 g/mol. The molecule has 2 aromatic carbocycles. The summed E-state index contributed by atoms with van der Waals surface area (Å²) in [7, 11) is 1.77.